The van der Waals surface area contributed by atoms with Crippen molar-refractivity contribution in [3.8, 4) is 16.9 Å². The monoisotopic (exact) mass is 451 g/mol. The molecule has 0 heterocycles. The van der Waals surface area contributed by atoms with Crippen LogP contribution in [0.2, 0.25) is 0 Å². The zero-order chi connectivity index (χ0) is 22.8. The maximum absolute atomic E-state index is 5.94. The quantitative estimate of drug-likeness (QED) is 0.413. The van der Waals surface area contributed by atoms with Gasteiger partial charge in [-0.25, -0.2) is 0 Å². The fourth-order valence-electron chi connectivity index (χ4n) is 7.29. The van der Waals surface area contributed by atoms with Gasteiger partial charge in [0.05, 0.1) is 30.8 Å². The molecule has 2 aliphatic carbocycles. The van der Waals surface area contributed by atoms with Gasteiger partial charge in [0, 0.05) is 11.1 Å². The lowest BCUT2D eigenvalue weighted by Gasteiger charge is -2.51. The first-order valence-electron chi connectivity index (χ1n) is 13.0. The van der Waals surface area contributed by atoms with Crippen LogP contribution in [-0.2, 0) is 0 Å². The van der Waals surface area contributed by atoms with Crippen molar-refractivity contribution in [3.05, 3.63) is 48.0 Å². The van der Waals surface area contributed by atoms with E-state index in [1.165, 1.54) is 80.9 Å². The van der Waals surface area contributed by atoms with E-state index in [2.05, 4.69) is 70.2 Å². The maximum Gasteiger partial charge on any atom is 0.127 e. The third-order valence-corrected chi connectivity index (χ3v) is 15.2. The average Bonchev–Trinajstić information content (AvgIpc) is 2.80. The van der Waals surface area contributed by atoms with Gasteiger partial charge < -0.3 is 4.74 Å². The lowest BCUT2D eigenvalue weighted by atomic mass is 9.99. The van der Waals surface area contributed by atoms with Crippen LogP contribution in [0.1, 0.15) is 90.5 Å². The second kappa shape index (κ2) is 9.89. The number of methoxy groups -OCH3 is 1. The van der Waals surface area contributed by atoms with E-state index in [0.29, 0.717) is 5.16 Å². The molecule has 0 spiro atoms. The van der Waals surface area contributed by atoms with E-state index in [9.17, 15) is 0 Å². The van der Waals surface area contributed by atoms with E-state index in [4.69, 9.17) is 4.74 Å². The van der Waals surface area contributed by atoms with E-state index in [1.807, 2.05) is 7.11 Å². The zero-order valence-electron chi connectivity index (χ0n) is 21.1. The Hall–Kier alpha value is -1.33. The van der Waals surface area contributed by atoms with Gasteiger partial charge >= 0.3 is 0 Å². The molecule has 0 N–H and O–H groups in total. The lowest BCUT2D eigenvalue weighted by molar-refractivity contribution is 0.416. The summed E-state index contributed by atoms with van der Waals surface area (Å²) in [6.07, 6.45) is 14.3. The Labute approximate surface area is 197 Å². The molecular weight excluding hydrogens is 407 g/mol. The Balaban J connectivity index is 2.01. The summed E-state index contributed by atoms with van der Waals surface area (Å²) in [6.45, 7) is 10.0. The van der Waals surface area contributed by atoms with Crippen LogP contribution in [0.25, 0.3) is 11.1 Å². The molecule has 0 amide bonds. The summed E-state index contributed by atoms with van der Waals surface area (Å²) in [5.74, 6) is 1.02. The van der Waals surface area contributed by atoms with Crippen LogP contribution in [0.4, 0.5) is 0 Å². The van der Waals surface area contributed by atoms with Crippen LogP contribution in [-0.4, -0.2) is 23.6 Å². The second-order valence-corrected chi connectivity index (χ2v) is 16.0. The van der Waals surface area contributed by atoms with Gasteiger partial charge in [0.2, 0.25) is 0 Å². The van der Waals surface area contributed by atoms with E-state index < -0.39 is 7.26 Å². The predicted octanol–water partition coefficient (Wildman–Crippen LogP) is 8.78. The zero-order valence-corrected chi connectivity index (χ0v) is 22.0. The molecule has 0 atom stereocenters. The normalized spacial score (nSPS) is 19.2. The average molecular weight is 452 g/mol. The smallest absolute Gasteiger partial charge is 0.127 e. The molecule has 0 bridgehead atoms. The van der Waals surface area contributed by atoms with E-state index in [0.717, 1.165) is 17.1 Å². The van der Waals surface area contributed by atoms with E-state index in [-0.39, 0.29) is 0 Å². The largest absolute Gasteiger partial charge is 0.496 e. The predicted molar refractivity (Wildman–Crippen MR) is 143 cm³/mol. The van der Waals surface area contributed by atoms with Crippen LogP contribution in [0.5, 0.6) is 5.75 Å². The van der Waals surface area contributed by atoms with Crippen molar-refractivity contribution in [2.24, 2.45) is 0 Å². The highest BCUT2D eigenvalue weighted by Crippen LogP contribution is 2.79. The van der Waals surface area contributed by atoms with Gasteiger partial charge in [0.25, 0.3) is 0 Å². The fraction of sp³-hybridized carbons (Fsp3) is 0.600. The molecule has 32 heavy (non-hydrogen) atoms. The highest BCUT2D eigenvalue weighted by atomic mass is 31.2. The van der Waals surface area contributed by atoms with E-state index >= 15 is 0 Å². The standard InChI is InChI=1S/C30H44OP/c1-23-15-14-21-27(31-5)29(23)26-20-12-13-22-28(26)32(30(2,3)4,24-16-8-6-9-17-24)25-18-10-7-11-19-25/h12-15,20-22,24-25H,6-11,16-19H2,1-5H3/q+1. The number of hydrogen-bond donors (Lipinski definition) is 0. The first-order chi connectivity index (χ1) is 15.4. The highest BCUT2D eigenvalue weighted by molar-refractivity contribution is 7.85. The first-order valence-corrected chi connectivity index (χ1v) is 15.0. The topological polar surface area (TPSA) is 9.23 Å². The molecule has 2 saturated carbocycles. The number of hydrogen-bond acceptors (Lipinski definition) is 1. The Morgan fingerprint density at radius 2 is 1.31 bits per heavy atom. The van der Waals surface area contributed by atoms with Crippen molar-refractivity contribution >= 4 is 12.6 Å². The lowest BCUT2D eigenvalue weighted by Crippen LogP contribution is -2.44. The van der Waals surface area contributed by atoms with E-state index in [1.54, 1.807) is 5.30 Å². The molecule has 2 aliphatic rings. The minimum absolute atomic E-state index is 0.309. The van der Waals surface area contributed by atoms with Crippen LogP contribution < -0.4 is 10.0 Å². The van der Waals surface area contributed by atoms with Crippen LogP contribution in [0.15, 0.2) is 42.5 Å². The number of benzene rings is 2. The Morgan fingerprint density at radius 3 is 1.84 bits per heavy atom. The minimum atomic E-state index is -1.49. The summed E-state index contributed by atoms with van der Waals surface area (Å²) in [6, 6.07) is 16.1. The minimum Gasteiger partial charge on any atom is -0.496 e. The molecule has 2 fully saturated rings. The van der Waals surface area contributed by atoms with Gasteiger partial charge in [0.1, 0.15) is 11.1 Å². The van der Waals surface area contributed by atoms with Gasteiger partial charge in [-0.05, 0) is 96.8 Å². The molecular formula is C30H44OP+. The molecule has 174 valence electrons. The third-order valence-electron chi connectivity index (χ3n) is 8.44. The Morgan fingerprint density at radius 1 is 0.750 bits per heavy atom. The molecule has 4 rings (SSSR count). The molecule has 2 aromatic rings. The van der Waals surface area contributed by atoms with Crippen molar-refractivity contribution in [1.82, 2.24) is 0 Å². The molecule has 0 radical (unpaired) electrons. The first kappa shape index (κ1) is 23.8. The van der Waals surface area contributed by atoms with Crippen LogP contribution in [0, 0.1) is 6.92 Å². The fourth-order valence-corrected chi connectivity index (χ4v) is 14.9. The molecule has 0 aliphatic heterocycles. The van der Waals surface area contributed by atoms with Crippen molar-refractivity contribution in [2.75, 3.05) is 7.11 Å². The molecule has 0 saturated heterocycles. The van der Waals surface area contributed by atoms with Crippen molar-refractivity contribution in [2.45, 2.75) is 108 Å². The number of ether oxygens (including phenoxy) is 1. The van der Waals surface area contributed by atoms with Crippen molar-refractivity contribution < 1.29 is 4.74 Å². The van der Waals surface area contributed by atoms with Gasteiger partial charge in [-0.15, -0.1) is 0 Å². The number of aryl methyl sites for hydroxylation is 1. The maximum atomic E-state index is 5.94. The molecule has 2 aromatic carbocycles. The van der Waals surface area contributed by atoms with Gasteiger partial charge in [0.15, 0.2) is 0 Å². The summed E-state index contributed by atoms with van der Waals surface area (Å²) in [7, 11) is 0.337. The van der Waals surface area contributed by atoms with Crippen LogP contribution in [0.3, 0.4) is 0 Å². The van der Waals surface area contributed by atoms with Gasteiger partial charge in [-0.3, -0.25) is 0 Å². The molecule has 0 aromatic heterocycles. The van der Waals surface area contributed by atoms with Crippen molar-refractivity contribution in [1.29, 1.82) is 0 Å². The highest BCUT2D eigenvalue weighted by Gasteiger charge is 2.62. The molecule has 0 unspecified atom stereocenters. The Bertz CT molecular complexity index is 879. The third kappa shape index (κ3) is 4.16. The van der Waals surface area contributed by atoms with Gasteiger partial charge in [-0.2, -0.15) is 0 Å². The SMILES string of the molecule is COc1cccc(C)c1-c1ccccc1[P+](C1CCCCC1)(C1CCCCC1)C(C)(C)C. The Kier molecular flexibility index (Phi) is 7.36. The van der Waals surface area contributed by atoms with Gasteiger partial charge in [-0.1, -0.05) is 43.2 Å². The van der Waals surface area contributed by atoms with Crippen molar-refractivity contribution in [3.63, 3.8) is 0 Å². The summed E-state index contributed by atoms with van der Waals surface area (Å²) in [5.41, 5.74) is 5.86. The van der Waals surface area contributed by atoms with Crippen LogP contribution >= 0.6 is 7.26 Å². The summed E-state index contributed by atoms with van der Waals surface area (Å²) < 4.78 is 5.94. The summed E-state index contributed by atoms with van der Waals surface area (Å²) >= 11 is 0. The second-order valence-electron chi connectivity index (χ2n) is 11.2. The summed E-state index contributed by atoms with van der Waals surface area (Å²) in [5, 5.41) is 2.02. The number of rotatable bonds is 5. The summed E-state index contributed by atoms with van der Waals surface area (Å²) in [4.78, 5) is 0. The molecule has 2 heteroatoms. The molecule has 1 nitrogen and oxygen atoms in total.